The highest BCUT2D eigenvalue weighted by molar-refractivity contribution is 7.89. The topological polar surface area (TPSA) is 75.5 Å². The molecular weight excluding hydrogens is 459 g/mol. The van der Waals surface area contributed by atoms with Crippen LogP contribution in [0, 0.1) is 6.92 Å². The predicted octanol–water partition coefficient (Wildman–Crippen LogP) is 3.63. The number of aryl methyl sites for hydroxylation is 1. The van der Waals surface area contributed by atoms with E-state index in [-0.39, 0.29) is 28.9 Å². The number of piperazine rings is 1. The van der Waals surface area contributed by atoms with Crippen LogP contribution in [0.2, 0.25) is 10.0 Å². The van der Waals surface area contributed by atoms with Crippen molar-refractivity contribution in [1.82, 2.24) is 19.0 Å². The number of rotatable bonds is 4. The van der Waals surface area contributed by atoms with Gasteiger partial charge in [0.15, 0.2) is 0 Å². The summed E-state index contributed by atoms with van der Waals surface area (Å²) in [5.74, 6) is -0.129. The van der Waals surface area contributed by atoms with E-state index in [0.717, 1.165) is 11.4 Å². The van der Waals surface area contributed by atoms with Crippen molar-refractivity contribution in [3.8, 4) is 5.69 Å². The molecule has 2 aromatic carbocycles. The molecule has 1 aromatic heterocycles. The van der Waals surface area contributed by atoms with Crippen LogP contribution in [0.5, 0.6) is 0 Å². The van der Waals surface area contributed by atoms with Crippen LogP contribution < -0.4 is 0 Å². The van der Waals surface area contributed by atoms with Crippen LogP contribution in [0.15, 0.2) is 59.6 Å². The zero-order chi connectivity index (χ0) is 22.2. The minimum absolute atomic E-state index is 0.0891. The number of halogens is 2. The van der Waals surface area contributed by atoms with Crippen LogP contribution in [-0.4, -0.2) is 59.5 Å². The molecule has 3 aromatic rings. The average Bonchev–Trinajstić information content (AvgIpc) is 3.21. The van der Waals surface area contributed by atoms with E-state index in [9.17, 15) is 13.2 Å². The number of nitrogens with zero attached hydrogens (tertiary/aromatic N) is 4. The quantitative estimate of drug-likeness (QED) is 0.573. The lowest BCUT2D eigenvalue weighted by Gasteiger charge is -2.34. The fraction of sp³-hybridized carbons (Fsp3) is 0.238. The largest absolute Gasteiger partial charge is 0.336 e. The first-order chi connectivity index (χ1) is 14.8. The minimum Gasteiger partial charge on any atom is -0.336 e. The lowest BCUT2D eigenvalue weighted by molar-refractivity contribution is 0.0698. The van der Waals surface area contributed by atoms with Crippen molar-refractivity contribution in [3.05, 3.63) is 76.0 Å². The maximum absolute atomic E-state index is 12.9. The Bertz CT molecular complexity index is 1220. The first-order valence-electron chi connectivity index (χ1n) is 9.63. The van der Waals surface area contributed by atoms with Gasteiger partial charge in [0.1, 0.15) is 0 Å². The molecule has 0 radical (unpaired) electrons. The summed E-state index contributed by atoms with van der Waals surface area (Å²) in [6.45, 7) is 2.98. The van der Waals surface area contributed by atoms with Gasteiger partial charge in [0, 0.05) is 43.6 Å². The normalized spacial score (nSPS) is 15.3. The molecule has 1 amide bonds. The Morgan fingerprint density at radius 1 is 0.935 bits per heavy atom. The zero-order valence-corrected chi connectivity index (χ0v) is 19.0. The summed E-state index contributed by atoms with van der Waals surface area (Å²) in [4.78, 5) is 14.6. The summed E-state index contributed by atoms with van der Waals surface area (Å²) < 4.78 is 28.9. The lowest BCUT2D eigenvalue weighted by Crippen LogP contribution is -2.50. The third-order valence-corrected chi connectivity index (χ3v) is 7.88. The average molecular weight is 479 g/mol. The van der Waals surface area contributed by atoms with Crippen molar-refractivity contribution in [1.29, 1.82) is 0 Å². The van der Waals surface area contributed by atoms with Gasteiger partial charge in [0.05, 0.1) is 20.6 Å². The van der Waals surface area contributed by atoms with Crippen molar-refractivity contribution in [2.45, 2.75) is 11.8 Å². The summed E-state index contributed by atoms with van der Waals surface area (Å²) in [7, 11) is -3.71. The highest BCUT2D eigenvalue weighted by Gasteiger charge is 2.30. The van der Waals surface area contributed by atoms with Gasteiger partial charge < -0.3 is 4.90 Å². The van der Waals surface area contributed by atoms with E-state index in [4.69, 9.17) is 23.2 Å². The molecule has 0 unspecified atom stereocenters. The number of carbonyl (C=O) groups is 1. The Labute approximate surface area is 190 Å². The number of amides is 1. The maximum Gasteiger partial charge on any atom is 0.253 e. The smallest absolute Gasteiger partial charge is 0.253 e. The molecule has 0 bridgehead atoms. The van der Waals surface area contributed by atoms with Gasteiger partial charge in [-0.2, -0.15) is 9.40 Å². The van der Waals surface area contributed by atoms with Crippen LogP contribution in [0.1, 0.15) is 16.1 Å². The van der Waals surface area contributed by atoms with Gasteiger partial charge in [-0.05, 0) is 55.5 Å². The molecule has 0 N–H and O–H groups in total. The van der Waals surface area contributed by atoms with Gasteiger partial charge >= 0.3 is 0 Å². The molecule has 1 fully saturated rings. The van der Waals surface area contributed by atoms with Gasteiger partial charge in [-0.1, -0.05) is 23.2 Å². The summed E-state index contributed by atoms with van der Waals surface area (Å²) in [5, 5.41) is 4.74. The second-order valence-corrected chi connectivity index (χ2v) is 9.96. The Hall–Kier alpha value is -2.39. The van der Waals surface area contributed by atoms with Crippen LogP contribution in [0.3, 0.4) is 0 Å². The molecular formula is C21H20Cl2N4O3S. The summed E-state index contributed by atoms with van der Waals surface area (Å²) in [6, 6.07) is 13.4. The van der Waals surface area contributed by atoms with E-state index in [2.05, 4.69) is 5.10 Å². The van der Waals surface area contributed by atoms with E-state index in [1.807, 2.05) is 25.1 Å². The van der Waals surface area contributed by atoms with Crippen molar-refractivity contribution in [2.24, 2.45) is 0 Å². The number of hydrogen-bond donors (Lipinski definition) is 0. The monoisotopic (exact) mass is 478 g/mol. The minimum atomic E-state index is -3.71. The lowest BCUT2D eigenvalue weighted by atomic mass is 10.1. The van der Waals surface area contributed by atoms with Crippen LogP contribution >= 0.6 is 23.2 Å². The molecule has 0 atom stereocenters. The van der Waals surface area contributed by atoms with Gasteiger partial charge in [0.2, 0.25) is 10.0 Å². The van der Waals surface area contributed by atoms with E-state index >= 15 is 0 Å². The third-order valence-electron chi connectivity index (χ3n) is 5.25. The molecule has 7 nitrogen and oxygen atoms in total. The van der Waals surface area contributed by atoms with E-state index in [1.54, 1.807) is 27.9 Å². The van der Waals surface area contributed by atoms with Gasteiger partial charge in [-0.15, -0.1) is 0 Å². The molecule has 162 valence electrons. The molecule has 0 aliphatic carbocycles. The Balaban J connectivity index is 1.43. The van der Waals surface area contributed by atoms with Crippen LogP contribution in [0.25, 0.3) is 5.69 Å². The second-order valence-electron chi connectivity index (χ2n) is 7.20. The first-order valence-corrected chi connectivity index (χ1v) is 11.8. The highest BCUT2D eigenvalue weighted by atomic mass is 35.5. The first kappa shape index (κ1) is 21.8. The Kier molecular flexibility index (Phi) is 6.07. The van der Waals surface area contributed by atoms with E-state index < -0.39 is 10.0 Å². The number of aromatic nitrogens is 2. The van der Waals surface area contributed by atoms with Crippen LogP contribution in [-0.2, 0) is 10.0 Å². The second kappa shape index (κ2) is 8.63. The maximum atomic E-state index is 12.9. The van der Waals surface area contributed by atoms with Crippen LogP contribution in [0.4, 0.5) is 0 Å². The van der Waals surface area contributed by atoms with Crippen molar-refractivity contribution >= 4 is 39.1 Å². The van der Waals surface area contributed by atoms with Crippen molar-refractivity contribution in [2.75, 3.05) is 26.2 Å². The molecule has 0 saturated carbocycles. The standard InChI is InChI=1S/C21H20Cl2N4O3S/c1-15-8-9-24-27(15)17-4-2-16(3-5-17)21(28)25-10-12-26(13-11-25)31(29,30)18-6-7-19(22)20(23)14-18/h2-9,14H,10-13H2,1H3. The molecule has 31 heavy (non-hydrogen) atoms. The van der Waals surface area contributed by atoms with Crippen molar-refractivity contribution < 1.29 is 13.2 Å². The van der Waals surface area contributed by atoms with Gasteiger partial charge in [0.25, 0.3) is 5.91 Å². The molecule has 1 aliphatic rings. The highest BCUT2D eigenvalue weighted by Crippen LogP contribution is 2.27. The SMILES string of the molecule is Cc1ccnn1-c1ccc(C(=O)N2CCN(S(=O)(=O)c3ccc(Cl)c(Cl)c3)CC2)cc1. The number of carbonyl (C=O) groups excluding carboxylic acids is 1. The molecule has 10 heteroatoms. The Morgan fingerprint density at radius 3 is 2.19 bits per heavy atom. The van der Waals surface area contributed by atoms with E-state index in [0.29, 0.717) is 23.7 Å². The van der Waals surface area contributed by atoms with Gasteiger partial charge in [-0.25, -0.2) is 13.1 Å². The molecule has 2 heterocycles. The number of sulfonamides is 1. The number of benzene rings is 2. The zero-order valence-electron chi connectivity index (χ0n) is 16.7. The summed E-state index contributed by atoms with van der Waals surface area (Å²) >= 11 is 11.9. The summed E-state index contributed by atoms with van der Waals surface area (Å²) in [6.07, 6.45) is 1.72. The number of hydrogen-bond acceptors (Lipinski definition) is 4. The predicted molar refractivity (Wildman–Crippen MR) is 119 cm³/mol. The molecule has 0 spiro atoms. The fourth-order valence-corrected chi connectivity index (χ4v) is 5.30. The van der Waals surface area contributed by atoms with Crippen molar-refractivity contribution in [3.63, 3.8) is 0 Å². The molecule has 4 rings (SSSR count). The molecule has 1 aliphatic heterocycles. The molecule has 1 saturated heterocycles. The van der Waals surface area contributed by atoms with E-state index in [1.165, 1.54) is 22.5 Å². The van der Waals surface area contributed by atoms with Gasteiger partial charge in [-0.3, -0.25) is 4.79 Å². The third kappa shape index (κ3) is 4.34. The fourth-order valence-electron chi connectivity index (χ4n) is 3.49. The Morgan fingerprint density at radius 2 is 1.61 bits per heavy atom. The summed E-state index contributed by atoms with van der Waals surface area (Å²) in [5.41, 5.74) is 2.42.